The van der Waals surface area contributed by atoms with Crippen LogP contribution in [0.2, 0.25) is 0 Å². The highest BCUT2D eigenvalue weighted by molar-refractivity contribution is 7.99. The standard InChI is InChI=1S/C25H26N4O2S2/c1-15-12-22(26-20-13-18(31-5)10-11-19(15)20)32-14-21(30)27-24-28-23(33-29-24)16-6-8-17(9-7-16)25(2,3)4/h6-13H,14H2,1-5H3,(H,27,29,30). The number of hydrogen-bond acceptors (Lipinski definition) is 7. The van der Waals surface area contributed by atoms with E-state index in [-0.39, 0.29) is 17.1 Å². The Morgan fingerprint density at radius 1 is 1.09 bits per heavy atom. The molecule has 0 atom stereocenters. The van der Waals surface area contributed by atoms with Crippen molar-refractivity contribution in [2.24, 2.45) is 0 Å². The predicted octanol–water partition coefficient (Wildman–Crippen LogP) is 6.10. The van der Waals surface area contributed by atoms with Gasteiger partial charge in [0.25, 0.3) is 0 Å². The summed E-state index contributed by atoms with van der Waals surface area (Å²) in [5, 5.41) is 5.42. The number of methoxy groups -OCH3 is 1. The molecule has 0 aliphatic carbocycles. The van der Waals surface area contributed by atoms with Gasteiger partial charge < -0.3 is 4.74 Å². The number of anilines is 1. The van der Waals surface area contributed by atoms with Crippen LogP contribution in [0.25, 0.3) is 21.5 Å². The first-order valence-corrected chi connectivity index (χ1v) is 12.3. The van der Waals surface area contributed by atoms with Crippen LogP contribution < -0.4 is 10.1 Å². The fourth-order valence-electron chi connectivity index (χ4n) is 3.36. The van der Waals surface area contributed by atoms with Gasteiger partial charge in [0.2, 0.25) is 11.9 Å². The topological polar surface area (TPSA) is 77.0 Å². The highest BCUT2D eigenvalue weighted by Gasteiger charge is 2.15. The van der Waals surface area contributed by atoms with E-state index in [1.54, 1.807) is 7.11 Å². The van der Waals surface area contributed by atoms with Gasteiger partial charge in [0, 0.05) is 17.0 Å². The van der Waals surface area contributed by atoms with Crippen LogP contribution in [0, 0.1) is 6.92 Å². The highest BCUT2D eigenvalue weighted by atomic mass is 32.2. The number of hydrogen-bond donors (Lipinski definition) is 1. The number of ether oxygens (including phenoxy) is 1. The first-order valence-electron chi connectivity index (χ1n) is 10.6. The van der Waals surface area contributed by atoms with Crippen LogP contribution in [0.5, 0.6) is 5.75 Å². The van der Waals surface area contributed by atoms with Crippen molar-refractivity contribution in [2.45, 2.75) is 38.1 Å². The third-order valence-corrected chi connectivity index (χ3v) is 6.90. The molecule has 0 unspecified atom stereocenters. The van der Waals surface area contributed by atoms with Crippen molar-refractivity contribution >= 4 is 46.1 Å². The van der Waals surface area contributed by atoms with Crippen LogP contribution in [-0.4, -0.2) is 33.1 Å². The zero-order valence-corrected chi connectivity index (χ0v) is 20.9. The molecule has 0 aliphatic heterocycles. The number of aryl methyl sites for hydroxylation is 1. The molecule has 0 radical (unpaired) electrons. The minimum atomic E-state index is -0.169. The van der Waals surface area contributed by atoms with Crippen molar-refractivity contribution in [1.82, 2.24) is 14.3 Å². The predicted molar refractivity (Wildman–Crippen MR) is 136 cm³/mol. The molecule has 0 aliphatic rings. The number of carbonyl (C=O) groups is 1. The third kappa shape index (κ3) is 5.51. The molecule has 0 fully saturated rings. The van der Waals surface area contributed by atoms with Gasteiger partial charge in [-0.2, -0.15) is 9.36 Å². The maximum absolute atomic E-state index is 12.5. The Bertz CT molecular complexity index is 1290. The van der Waals surface area contributed by atoms with Crippen molar-refractivity contribution in [1.29, 1.82) is 0 Å². The molecule has 2 aromatic heterocycles. The number of carbonyl (C=O) groups excluding carboxylic acids is 1. The quantitative estimate of drug-likeness (QED) is 0.338. The lowest BCUT2D eigenvalue weighted by Crippen LogP contribution is -2.15. The summed E-state index contributed by atoms with van der Waals surface area (Å²) < 4.78 is 9.59. The number of aromatic nitrogens is 3. The molecule has 170 valence electrons. The van der Waals surface area contributed by atoms with E-state index in [1.165, 1.54) is 28.9 Å². The van der Waals surface area contributed by atoms with Crippen LogP contribution in [0.4, 0.5) is 5.95 Å². The Hall–Kier alpha value is -2.97. The summed E-state index contributed by atoms with van der Waals surface area (Å²) in [4.78, 5) is 21.6. The molecule has 33 heavy (non-hydrogen) atoms. The minimum Gasteiger partial charge on any atom is -0.497 e. The summed E-state index contributed by atoms with van der Waals surface area (Å²) in [6.45, 7) is 8.59. The summed E-state index contributed by atoms with van der Waals surface area (Å²) in [6, 6.07) is 16.1. The number of fused-ring (bicyclic) bond motifs is 1. The first-order chi connectivity index (χ1) is 15.7. The Balaban J connectivity index is 1.39. The van der Waals surface area contributed by atoms with E-state index in [0.29, 0.717) is 5.95 Å². The lowest BCUT2D eigenvalue weighted by atomic mass is 9.87. The molecule has 0 saturated heterocycles. The normalized spacial score (nSPS) is 11.5. The fourth-order valence-corrected chi connectivity index (χ4v) is 4.76. The molecule has 4 aromatic rings. The summed E-state index contributed by atoms with van der Waals surface area (Å²) in [6.07, 6.45) is 0. The second kappa shape index (κ2) is 9.49. The van der Waals surface area contributed by atoms with Gasteiger partial charge in [0.15, 0.2) is 0 Å². The second-order valence-corrected chi connectivity index (χ2v) is 10.5. The van der Waals surface area contributed by atoms with E-state index in [2.05, 4.69) is 52.6 Å². The van der Waals surface area contributed by atoms with Gasteiger partial charge in [-0.15, -0.1) is 0 Å². The zero-order chi connectivity index (χ0) is 23.6. The number of nitrogens with one attached hydrogen (secondary N) is 1. The SMILES string of the molecule is COc1ccc2c(C)cc(SCC(=O)Nc3nsc(-c4ccc(C(C)(C)C)cc4)n3)nc2c1. The van der Waals surface area contributed by atoms with Gasteiger partial charge in [-0.1, -0.05) is 56.8 Å². The van der Waals surface area contributed by atoms with Crippen molar-refractivity contribution in [3.8, 4) is 16.3 Å². The van der Waals surface area contributed by atoms with E-state index < -0.39 is 0 Å². The molecule has 8 heteroatoms. The van der Waals surface area contributed by atoms with Crippen LogP contribution >= 0.6 is 23.3 Å². The second-order valence-electron chi connectivity index (χ2n) is 8.75. The number of benzene rings is 2. The highest BCUT2D eigenvalue weighted by Crippen LogP contribution is 2.29. The average Bonchev–Trinajstić information content (AvgIpc) is 3.25. The van der Waals surface area contributed by atoms with Crippen molar-refractivity contribution < 1.29 is 9.53 Å². The van der Waals surface area contributed by atoms with Gasteiger partial charge in [-0.3, -0.25) is 10.1 Å². The minimum absolute atomic E-state index is 0.0982. The lowest BCUT2D eigenvalue weighted by Gasteiger charge is -2.18. The monoisotopic (exact) mass is 478 g/mol. The smallest absolute Gasteiger partial charge is 0.241 e. The Labute approximate surface area is 202 Å². The van der Waals surface area contributed by atoms with Gasteiger partial charge in [0.1, 0.15) is 10.8 Å². The Morgan fingerprint density at radius 3 is 2.55 bits per heavy atom. The van der Waals surface area contributed by atoms with E-state index >= 15 is 0 Å². The maximum Gasteiger partial charge on any atom is 0.241 e. The molecular weight excluding hydrogens is 452 g/mol. The van der Waals surface area contributed by atoms with E-state index in [0.717, 1.165) is 37.8 Å². The molecule has 0 bridgehead atoms. The zero-order valence-electron chi connectivity index (χ0n) is 19.3. The molecule has 0 spiro atoms. The Morgan fingerprint density at radius 2 is 1.85 bits per heavy atom. The summed E-state index contributed by atoms with van der Waals surface area (Å²) >= 11 is 2.65. The molecule has 0 saturated carbocycles. The van der Waals surface area contributed by atoms with Crippen LogP contribution in [0.3, 0.4) is 0 Å². The number of pyridine rings is 1. The fraction of sp³-hybridized carbons (Fsp3) is 0.280. The van der Waals surface area contributed by atoms with Crippen LogP contribution in [-0.2, 0) is 10.2 Å². The molecule has 6 nitrogen and oxygen atoms in total. The van der Waals surface area contributed by atoms with E-state index in [1.807, 2.05) is 43.3 Å². The van der Waals surface area contributed by atoms with Gasteiger partial charge in [-0.05, 0) is 53.2 Å². The van der Waals surface area contributed by atoms with Crippen LogP contribution in [0.1, 0.15) is 31.9 Å². The molecule has 2 heterocycles. The molecule has 1 N–H and O–H groups in total. The van der Waals surface area contributed by atoms with E-state index in [4.69, 9.17) is 4.74 Å². The van der Waals surface area contributed by atoms with Crippen molar-refractivity contribution in [2.75, 3.05) is 18.2 Å². The summed E-state index contributed by atoms with van der Waals surface area (Å²) in [7, 11) is 1.63. The van der Waals surface area contributed by atoms with Gasteiger partial charge >= 0.3 is 0 Å². The number of amides is 1. The van der Waals surface area contributed by atoms with Crippen LogP contribution in [0.15, 0.2) is 53.6 Å². The Kier molecular flexibility index (Phi) is 6.67. The molecular formula is C25H26N4O2S2. The molecule has 4 rings (SSSR count). The molecule has 1 amide bonds. The number of thioether (sulfide) groups is 1. The average molecular weight is 479 g/mol. The maximum atomic E-state index is 12.5. The van der Waals surface area contributed by atoms with Gasteiger partial charge in [-0.25, -0.2) is 4.98 Å². The third-order valence-electron chi connectivity index (χ3n) is 5.23. The number of rotatable bonds is 6. The largest absolute Gasteiger partial charge is 0.497 e. The van der Waals surface area contributed by atoms with Gasteiger partial charge in [0.05, 0.1) is 23.4 Å². The lowest BCUT2D eigenvalue weighted by molar-refractivity contribution is -0.113. The summed E-state index contributed by atoms with van der Waals surface area (Å²) in [5.74, 6) is 1.13. The number of nitrogens with zero attached hydrogens (tertiary/aromatic N) is 3. The van der Waals surface area contributed by atoms with Crippen molar-refractivity contribution in [3.63, 3.8) is 0 Å². The van der Waals surface area contributed by atoms with Crippen molar-refractivity contribution in [3.05, 3.63) is 59.7 Å². The summed E-state index contributed by atoms with van der Waals surface area (Å²) in [5.41, 5.74) is 4.30. The molecule has 2 aromatic carbocycles. The van der Waals surface area contributed by atoms with E-state index in [9.17, 15) is 4.79 Å². The first kappa shape index (κ1) is 23.2.